The van der Waals surface area contributed by atoms with E-state index in [1.807, 2.05) is 31.3 Å². The van der Waals surface area contributed by atoms with Crippen LogP contribution in [0.4, 0.5) is 16.4 Å². The molecule has 0 unspecified atom stereocenters. The molecular weight excluding hydrogens is 628 g/mol. The molecule has 2 fully saturated rings. The first-order chi connectivity index (χ1) is 23.8. The van der Waals surface area contributed by atoms with Crippen molar-refractivity contribution >= 4 is 17.8 Å². The van der Waals surface area contributed by atoms with Crippen LogP contribution in [0.15, 0.2) is 30.5 Å². The van der Waals surface area contributed by atoms with Gasteiger partial charge in [-0.3, -0.25) is 0 Å². The summed E-state index contributed by atoms with van der Waals surface area (Å²) in [6.07, 6.45) is 5.96. The second-order valence-corrected chi connectivity index (χ2v) is 12.9. The van der Waals surface area contributed by atoms with Crippen LogP contribution in [0.5, 0.6) is 0 Å². The van der Waals surface area contributed by atoms with Gasteiger partial charge in [-0.15, -0.1) is 5.10 Å². The third kappa shape index (κ3) is 10.1. The largest absolute Gasteiger partial charge is 0.510 e. The van der Waals surface area contributed by atoms with E-state index in [4.69, 9.17) is 23.9 Å². The lowest BCUT2D eigenvalue weighted by atomic mass is 9.82. The zero-order valence-electron chi connectivity index (χ0n) is 28.9. The van der Waals surface area contributed by atoms with Gasteiger partial charge in [-0.25, -0.2) is 14.8 Å². The van der Waals surface area contributed by atoms with Crippen LogP contribution in [0, 0.1) is 23.7 Å². The highest BCUT2D eigenvalue weighted by Gasteiger charge is 2.32. The Morgan fingerprint density at radius 2 is 1.94 bits per heavy atom. The van der Waals surface area contributed by atoms with Gasteiger partial charge in [0.15, 0.2) is 12.1 Å². The SMILES string of the molecule is CCOC(=O)O[C@@H](C)n1nnnc1COC[C@@H](C)NC1CCC(Nc2cc(-c3cccc(NCC4(C#N)CCOCC4)n3)c(C)cn2)CC1. The van der Waals surface area contributed by atoms with Crippen molar-refractivity contribution < 1.29 is 23.7 Å². The van der Waals surface area contributed by atoms with Crippen molar-refractivity contribution in [3.8, 4) is 17.3 Å². The lowest BCUT2D eigenvalue weighted by Gasteiger charge is -2.32. The van der Waals surface area contributed by atoms with E-state index in [-0.39, 0.29) is 19.3 Å². The summed E-state index contributed by atoms with van der Waals surface area (Å²) in [7, 11) is 0. The molecule has 3 aromatic rings. The monoisotopic (exact) mass is 676 g/mol. The Morgan fingerprint density at radius 3 is 2.69 bits per heavy atom. The quantitative estimate of drug-likeness (QED) is 0.187. The van der Waals surface area contributed by atoms with Crippen molar-refractivity contribution in [1.29, 1.82) is 5.26 Å². The molecule has 2 atom stereocenters. The van der Waals surface area contributed by atoms with Crippen LogP contribution in [0.25, 0.3) is 11.3 Å². The molecule has 1 aliphatic heterocycles. The maximum atomic E-state index is 11.6. The van der Waals surface area contributed by atoms with Gasteiger partial charge in [0, 0.05) is 49.6 Å². The van der Waals surface area contributed by atoms with E-state index in [9.17, 15) is 10.1 Å². The van der Waals surface area contributed by atoms with Crippen molar-refractivity contribution in [1.82, 2.24) is 35.5 Å². The van der Waals surface area contributed by atoms with E-state index >= 15 is 0 Å². The number of ether oxygens (including phenoxy) is 4. The minimum atomic E-state index is -0.774. The molecule has 2 aliphatic rings. The first-order valence-electron chi connectivity index (χ1n) is 17.1. The van der Waals surface area contributed by atoms with E-state index in [1.54, 1.807) is 13.8 Å². The van der Waals surface area contributed by atoms with Crippen molar-refractivity contribution in [3.63, 3.8) is 0 Å². The number of nitrogens with zero attached hydrogens (tertiary/aromatic N) is 7. The number of hydrogen-bond donors (Lipinski definition) is 3. The van der Waals surface area contributed by atoms with Crippen molar-refractivity contribution in [2.75, 3.05) is 43.6 Å². The molecule has 3 N–H and O–H groups in total. The fourth-order valence-corrected chi connectivity index (χ4v) is 6.23. The van der Waals surface area contributed by atoms with Gasteiger partial charge in [-0.1, -0.05) is 6.07 Å². The smallest absolute Gasteiger partial charge is 0.435 e. The molecule has 0 bridgehead atoms. The van der Waals surface area contributed by atoms with Gasteiger partial charge < -0.3 is 34.9 Å². The van der Waals surface area contributed by atoms with Gasteiger partial charge in [0.2, 0.25) is 0 Å². The van der Waals surface area contributed by atoms with Crippen molar-refractivity contribution in [2.45, 2.75) is 97.2 Å². The number of anilines is 2. The molecule has 15 heteroatoms. The summed E-state index contributed by atoms with van der Waals surface area (Å²) in [6.45, 7) is 10.2. The summed E-state index contributed by atoms with van der Waals surface area (Å²) in [5.74, 6) is 2.06. The minimum absolute atomic E-state index is 0.133. The number of aryl methyl sites for hydroxylation is 1. The molecular formula is C34H48N10O5. The number of carbonyl (C=O) groups excluding carboxylic acids is 1. The predicted molar refractivity (Wildman–Crippen MR) is 181 cm³/mol. The molecule has 0 radical (unpaired) electrons. The normalized spacial score (nSPS) is 20.1. The Hall–Kier alpha value is -4.39. The number of hydrogen-bond acceptors (Lipinski definition) is 14. The van der Waals surface area contributed by atoms with Crippen LogP contribution in [0.3, 0.4) is 0 Å². The average Bonchev–Trinajstić information content (AvgIpc) is 3.58. The van der Waals surface area contributed by atoms with Crippen LogP contribution < -0.4 is 16.0 Å². The number of carbonyl (C=O) groups is 1. The third-order valence-corrected chi connectivity index (χ3v) is 9.06. The number of nitriles is 1. The fraction of sp³-hybridized carbons (Fsp3) is 0.618. The van der Waals surface area contributed by atoms with E-state index < -0.39 is 17.8 Å². The molecule has 1 saturated carbocycles. The highest BCUT2D eigenvalue weighted by molar-refractivity contribution is 5.68. The molecule has 0 aromatic carbocycles. The molecule has 15 nitrogen and oxygen atoms in total. The van der Waals surface area contributed by atoms with Gasteiger partial charge in [0.25, 0.3) is 0 Å². The number of aromatic nitrogens is 6. The summed E-state index contributed by atoms with van der Waals surface area (Å²) >= 11 is 0. The lowest BCUT2D eigenvalue weighted by Crippen LogP contribution is -2.43. The Bertz CT molecular complexity index is 1550. The highest BCUT2D eigenvalue weighted by Crippen LogP contribution is 2.31. The van der Waals surface area contributed by atoms with Gasteiger partial charge in [0.1, 0.15) is 18.2 Å². The maximum absolute atomic E-state index is 11.6. The second-order valence-electron chi connectivity index (χ2n) is 12.9. The van der Waals surface area contributed by atoms with Crippen LogP contribution in [-0.2, 0) is 25.6 Å². The number of tetrazole rings is 1. The molecule has 5 rings (SSSR count). The van der Waals surface area contributed by atoms with Crippen molar-refractivity contribution in [3.05, 3.63) is 41.9 Å². The van der Waals surface area contributed by atoms with Gasteiger partial charge >= 0.3 is 6.16 Å². The standard InChI is InChI=1S/C34H48N10O5/c1-5-48-33(45)49-25(4)44-32(41-42-43-44)20-47-19-24(3)38-26-9-11-27(12-10-26)39-31-17-28(23(2)18-36-31)29-7-6-8-30(40-29)37-22-34(21-35)13-15-46-16-14-34/h6-8,17-18,24-27,38H,5,9-16,19-20,22H2,1-4H3,(H,36,39)(H,37,40)/t24-,25+,26?,27?/m1/s1. The summed E-state index contributed by atoms with van der Waals surface area (Å²) in [5, 5.41) is 32.2. The molecule has 0 amide bonds. The topological polar surface area (TPSA) is 183 Å². The zero-order chi connectivity index (χ0) is 34.6. The summed E-state index contributed by atoms with van der Waals surface area (Å²) in [5.41, 5.74) is 2.52. The van der Waals surface area contributed by atoms with E-state index in [0.717, 1.165) is 67.0 Å². The maximum Gasteiger partial charge on any atom is 0.510 e. The van der Waals surface area contributed by atoms with Crippen LogP contribution >= 0.6 is 0 Å². The number of pyridine rings is 2. The number of rotatable bonds is 15. The van der Waals surface area contributed by atoms with E-state index in [1.165, 1.54) is 4.68 Å². The minimum Gasteiger partial charge on any atom is -0.435 e. The zero-order valence-corrected chi connectivity index (χ0v) is 28.9. The Kier molecular flexibility index (Phi) is 12.7. The molecule has 49 heavy (non-hydrogen) atoms. The molecule has 3 aromatic heterocycles. The van der Waals surface area contributed by atoms with E-state index in [2.05, 4.69) is 55.5 Å². The molecule has 0 spiro atoms. The second kappa shape index (κ2) is 17.3. The fourth-order valence-electron chi connectivity index (χ4n) is 6.23. The predicted octanol–water partition coefficient (Wildman–Crippen LogP) is 4.78. The summed E-state index contributed by atoms with van der Waals surface area (Å²) in [4.78, 5) is 21.2. The molecule has 4 heterocycles. The molecule has 264 valence electrons. The first-order valence-corrected chi connectivity index (χ1v) is 17.1. The van der Waals surface area contributed by atoms with Crippen molar-refractivity contribution in [2.24, 2.45) is 5.41 Å². The summed E-state index contributed by atoms with van der Waals surface area (Å²) < 4.78 is 22.8. The Balaban J connectivity index is 1.06. The highest BCUT2D eigenvalue weighted by atomic mass is 16.7. The van der Waals surface area contributed by atoms with Gasteiger partial charge in [-0.2, -0.15) is 9.94 Å². The molecule has 1 aliphatic carbocycles. The number of nitrogens with one attached hydrogen (secondary N) is 3. The average molecular weight is 677 g/mol. The molecule has 1 saturated heterocycles. The van der Waals surface area contributed by atoms with Gasteiger partial charge in [-0.05, 0) is 100 Å². The lowest BCUT2D eigenvalue weighted by molar-refractivity contribution is -0.00389. The van der Waals surface area contributed by atoms with Crippen LogP contribution in [0.2, 0.25) is 0 Å². The van der Waals surface area contributed by atoms with E-state index in [0.29, 0.717) is 44.3 Å². The first kappa shape index (κ1) is 35.9. The van der Waals surface area contributed by atoms with Crippen LogP contribution in [0.1, 0.15) is 76.9 Å². The summed E-state index contributed by atoms with van der Waals surface area (Å²) in [6, 6.07) is 11.4. The van der Waals surface area contributed by atoms with Gasteiger partial charge in [0.05, 0.1) is 30.4 Å². The Labute approximate surface area is 287 Å². The van der Waals surface area contributed by atoms with Crippen LogP contribution in [-0.4, -0.2) is 87.4 Å². The Morgan fingerprint density at radius 1 is 1.16 bits per heavy atom. The third-order valence-electron chi connectivity index (χ3n) is 9.06.